The maximum Gasteiger partial charge on any atom is 0.0991 e. The third-order valence-corrected chi connectivity index (χ3v) is 3.03. The first kappa shape index (κ1) is 14.0. The molecule has 0 unspecified atom stereocenters. The summed E-state index contributed by atoms with van der Waals surface area (Å²) in [6, 6.07) is 9.34. The molecule has 17 heavy (non-hydrogen) atoms. The fourth-order valence-electron chi connectivity index (χ4n) is 1.31. The Kier molecular flexibility index (Phi) is 7.39. The number of benzene rings is 1. The van der Waals surface area contributed by atoms with Gasteiger partial charge in [0.15, 0.2) is 0 Å². The molecule has 0 aliphatic rings. The normalized spacial score (nSPS) is 10.4. The van der Waals surface area contributed by atoms with Crippen LogP contribution in [0.2, 0.25) is 0 Å². The monoisotopic (exact) mass is 341 g/mol. The molecular formula is C13H16IN3. The lowest BCUT2D eigenvalue weighted by Gasteiger charge is -1.99. The third kappa shape index (κ3) is 6.27. The minimum absolute atomic E-state index is 0.665. The predicted octanol–water partition coefficient (Wildman–Crippen LogP) is 3.95. The molecule has 0 radical (unpaired) electrons. The van der Waals surface area contributed by atoms with Crippen molar-refractivity contribution in [2.45, 2.75) is 25.7 Å². The molecule has 0 amide bonds. The molecule has 0 heterocycles. The number of unbranched alkanes of at least 4 members (excludes halogenated alkanes) is 3. The van der Waals surface area contributed by atoms with Crippen LogP contribution in [-0.2, 0) is 0 Å². The van der Waals surface area contributed by atoms with E-state index in [9.17, 15) is 0 Å². The lowest BCUT2D eigenvalue weighted by atomic mass is 10.2. The van der Waals surface area contributed by atoms with Crippen LogP contribution in [0.1, 0.15) is 31.2 Å². The van der Waals surface area contributed by atoms with Crippen molar-refractivity contribution in [2.75, 3.05) is 9.85 Å². The highest BCUT2D eigenvalue weighted by Gasteiger charge is 1.90. The van der Waals surface area contributed by atoms with Crippen LogP contribution in [0.5, 0.6) is 0 Å². The number of rotatable bonds is 7. The van der Waals surface area contributed by atoms with Gasteiger partial charge in [-0.05, 0) is 48.0 Å². The Morgan fingerprint density at radius 3 is 2.65 bits per heavy atom. The Morgan fingerprint density at radius 2 is 2.00 bits per heavy atom. The predicted molar refractivity (Wildman–Crippen MR) is 80.6 cm³/mol. The Bertz CT molecular complexity index is 379. The number of alkyl halides is 1. The van der Waals surface area contributed by atoms with E-state index in [-0.39, 0.29) is 0 Å². The van der Waals surface area contributed by atoms with Gasteiger partial charge in [-0.15, -0.1) is 0 Å². The number of hydrazone groups is 1. The topological polar surface area (TPSA) is 48.2 Å². The summed E-state index contributed by atoms with van der Waals surface area (Å²) in [5.74, 6) is 0. The van der Waals surface area contributed by atoms with E-state index in [4.69, 9.17) is 5.26 Å². The van der Waals surface area contributed by atoms with Gasteiger partial charge in [0.2, 0.25) is 0 Å². The fourth-order valence-corrected chi connectivity index (χ4v) is 1.85. The summed E-state index contributed by atoms with van der Waals surface area (Å²) in [4.78, 5) is 0. The van der Waals surface area contributed by atoms with Gasteiger partial charge in [0.05, 0.1) is 17.3 Å². The minimum atomic E-state index is 0.665. The molecule has 1 rings (SSSR count). The van der Waals surface area contributed by atoms with E-state index in [1.807, 2.05) is 18.3 Å². The van der Waals surface area contributed by atoms with Crippen molar-refractivity contribution >= 4 is 34.5 Å². The highest BCUT2D eigenvalue weighted by molar-refractivity contribution is 14.1. The minimum Gasteiger partial charge on any atom is -0.279 e. The summed E-state index contributed by atoms with van der Waals surface area (Å²) in [5.41, 5.74) is 4.52. The van der Waals surface area contributed by atoms with Crippen LogP contribution in [0.25, 0.3) is 0 Å². The molecule has 4 heteroatoms. The summed E-state index contributed by atoms with van der Waals surface area (Å²) in [6.45, 7) is 0. The van der Waals surface area contributed by atoms with Crippen molar-refractivity contribution < 1.29 is 0 Å². The summed E-state index contributed by atoms with van der Waals surface area (Å²) in [7, 11) is 0. The van der Waals surface area contributed by atoms with Crippen molar-refractivity contribution in [2.24, 2.45) is 5.10 Å². The molecule has 1 N–H and O–H groups in total. The number of anilines is 1. The number of nitrogens with zero attached hydrogens (tertiary/aromatic N) is 2. The van der Waals surface area contributed by atoms with Crippen LogP contribution < -0.4 is 5.43 Å². The van der Waals surface area contributed by atoms with E-state index in [1.165, 1.54) is 23.7 Å². The zero-order chi connectivity index (χ0) is 12.3. The first-order valence-electron chi connectivity index (χ1n) is 5.70. The Hall–Kier alpha value is -1.09. The van der Waals surface area contributed by atoms with E-state index in [2.05, 4.69) is 39.2 Å². The summed E-state index contributed by atoms with van der Waals surface area (Å²) in [5, 5.41) is 12.8. The Balaban J connectivity index is 2.21. The van der Waals surface area contributed by atoms with E-state index in [1.54, 1.807) is 12.1 Å². The van der Waals surface area contributed by atoms with Crippen molar-refractivity contribution in [3.8, 4) is 6.07 Å². The largest absolute Gasteiger partial charge is 0.279 e. The summed E-state index contributed by atoms with van der Waals surface area (Å²) in [6.07, 6.45) is 6.68. The second-order valence-corrected chi connectivity index (χ2v) is 4.73. The number of nitriles is 1. The van der Waals surface area contributed by atoms with E-state index in [0.717, 1.165) is 12.1 Å². The Morgan fingerprint density at radius 1 is 1.24 bits per heavy atom. The molecule has 1 aromatic rings. The lowest BCUT2D eigenvalue weighted by Crippen LogP contribution is -1.89. The zero-order valence-corrected chi connectivity index (χ0v) is 11.9. The quantitative estimate of drug-likeness (QED) is 0.268. The molecule has 0 atom stereocenters. The molecule has 0 aliphatic carbocycles. The van der Waals surface area contributed by atoms with E-state index < -0.39 is 0 Å². The molecule has 0 bridgehead atoms. The zero-order valence-electron chi connectivity index (χ0n) is 9.69. The number of hydrogen-bond acceptors (Lipinski definition) is 3. The van der Waals surface area contributed by atoms with Crippen molar-refractivity contribution in [1.29, 1.82) is 5.26 Å². The highest BCUT2D eigenvalue weighted by Crippen LogP contribution is 2.08. The van der Waals surface area contributed by atoms with Gasteiger partial charge >= 0.3 is 0 Å². The molecule has 0 aliphatic heterocycles. The van der Waals surface area contributed by atoms with Gasteiger partial charge in [-0.1, -0.05) is 29.0 Å². The average molecular weight is 341 g/mol. The maximum atomic E-state index is 8.64. The smallest absolute Gasteiger partial charge is 0.0991 e. The third-order valence-electron chi connectivity index (χ3n) is 2.27. The fraction of sp³-hybridized carbons (Fsp3) is 0.385. The van der Waals surface area contributed by atoms with Crippen molar-refractivity contribution in [3.05, 3.63) is 29.8 Å². The number of halogens is 1. The van der Waals surface area contributed by atoms with Crippen molar-refractivity contribution in [1.82, 2.24) is 0 Å². The Labute approximate surface area is 116 Å². The molecule has 1 aromatic carbocycles. The molecule has 0 aromatic heterocycles. The molecule has 0 saturated carbocycles. The van der Waals surface area contributed by atoms with Gasteiger partial charge in [0.1, 0.15) is 0 Å². The van der Waals surface area contributed by atoms with Crippen LogP contribution in [0, 0.1) is 11.3 Å². The summed E-state index contributed by atoms with van der Waals surface area (Å²) < 4.78 is 1.23. The maximum absolute atomic E-state index is 8.64. The molecular weight excluding hydrogens is 325 g/mol. The second-order valence-electron chi connectivity index (χ2n) is 3.65. The molecule has 90 valence electrons. The molecule has 0 fully saturated rings. The highest BCUT2D eigenvalue weighted by atomic mass is 127. The van der Waals surface area contributed by atoms with Gasteiger partial charge in [-0.3, -0.25) is 5.43 Å². The van der Waals surface area contributed by atoms with Gasteiger partial charge in [0.25, 0.3) is 0 Å². The van der Waals surface area contributed by atoms with Crippen LogP contribution in [0.3, 0.4) is 0 Å². The van der Waals surface area contributed by atoms with Crippen LogP contribution in [0.4, 0.5) is 5.69 Å². The lowest BCUT2D eigenvalue weighted by molar-refractivity contribution is 0.757. The SMILES string of the molecule is N#Cc1ccc(N/N=C\CCCCCI)cc1. The number of nitrogens with one attached hydrogen (secondary N) is 1. The van der Waals surface area contributed by atoms with Gasteiger partial charge < -0.3 is 0 Å². The van der Waals surface area contributed by atoms with Crippen molar-refractivity contribution in [3.63, 3.8) is 0 Å². The van der Waals surface area contributed by atoms with Crippen LogP contribution in [0.15, 0.2) is 29.4 Å². The van der Waals surface area contributed by atoms with E-state index in [0.29, 0.717) is 5.56 Å². The van der Waals surface area contributed by atoms with Gasteiger partial charge in [-0.25, -0.2) is 0 Å². The van der Waals surface area contributed by atoms with E-state index >= 15 is 0 Å². The average Bonchev–Trinajstić information content (AvgIpc) is 2.38. The second kappa shape index (κ2) is 8.99. The summed E-state index contributed by atoms with van der Waals surface area (Å²) >= 11 is 2.40. The van der Waals surface area contributed by atoms with Crippen LogP contribution >= 0.6 is 22.6 Å². The number of hydrogen-bond donors (Lipinski definition) is 1. The van der Waals surface area contributed by atoms with Gasteiger partial charge in [-0.2, -0.15) is 10.4 Å². The molecule has 3 nitrogen and oxygen atoms in total. The molecule has 0 saturated heterocycles. The first-order valence-corrected chi connectivity index (χ1v) is 7.23. The van der Waals surface area contributed by atoms with Crippen LogP contribution in [-0.4, -0.2) is 10.6 Å². The first-order chi connectivity index (χ1) is 8.36. The molecule has 0 spiro atoms. The van der Waals surface area contributed by atoms with Gasteiger partial charge in [0, 0.05) is 6.21 Å². The standard InChI is InChI=1S/C13H16IN3/c14-9-3-1-2-4-10-16-17-13-7-5-12(11-15)6-8-13/h5-8,10,17H,1-4,9H2/b16-10-.